The number of rotatable bonds is 3. The Hall–Kier alpha value is -1.73. The first-order valence-corrected chi connectivity index (χ1v) is 8.01. The molecule has 0 unspecified atom stereocenters. The Labute approximate surface area is 140 Å². The van der Waals surface area contributed by atoms with Crippen molar-refractivity contribution >= 4 is 28.2 Å². The molecule has 24 heavy (non-hydrogen) atoms. The number of hydrogen-bond acceptors (Lipinski definition) is 3. The lowest BCUT2D eigenvalue weighted by Gasteiger charge is -2.29. The third-order valence-electron chi connectivity index (χ3n) is 4.35. The summed E-state index contributed by atoms with van der Waals surface area (Å²) in [4.78, 5) is 15.8. The molecule has 2 N–H and O–H groups in total. The fraction of sp³-hybridized carbons (Fsp3) is 0.438. The lowest BCUT2D eigenvalue weighted by Crippen LogP contribution is -2.38. The number of nitrogens with one attached hydrogen (secondary N) is 1. The third-order valence-corrected chi connectivity index (χ3v) is 4.78. The van der Waals surface area contributed by atoms with Crippen LogP contribution in [-0.4, -0.2) is 34.7 Å². The number of aliphatic hydroxyl groups is 1. The minimum absolute atomic E-state index is 0.0552. The molecule has 1 fully saturated rings. The number of aromatic amines is 1. The van der Waals surface area contributed by atoms with Crippen LogP contribution in [0.25, 0.3) is 10.9 Å². The van der Waals surface area contributed by atoms with Crippen LogP contribution in [0.4, 0.5) is 18.9 Å². The Bertz CT molecular complexity index is 806. The molecule has 0 bridgehead atoms. The number of hydrogen-bond donors (Lipinski definition) is 2. The molecule has 1 aliphatic rings. The maximum absolute atomic E-state index is 13.2. The van der Waals surface area contributed by atoms with E-state index in [9.17, 15) is 23.1 Å². The number of pyridine rings is 1. The molecule has 2 aromatic rings. The Morgan fingerprint density at radius 1 is 1.38 bits per heavy atom. The van der Waals surface area contributed by atoms with Crippen LogP contribution in [-0.2, 0) is 6.18 Å². The van der Waals surface area contributed by atoms with Gasteiger partial charge < -0.3 is 15.0 Å². The third kappa shape index (κ3) is 3.10. The standard InChI is InChI=1S/C16H16ClF3N2O2/c17-12(8-23)14-2-1-5-22(14)9-3-4-13-10(6-9)11(16(18,19)20)7-15(24)21-13/h3-4,6-7,12,14,23H,1-2,5,8H2,(H,21,24)/t12-,14+/m0/s1. The van der Waals surface area contributed by atoms with Gasteiger partial charge in [-0.25, -0.2) is 0 Å². The average molecular weight is 361 g/mol. The van der Waals surface area contributed by atoms with E-state index in [0.29, 0.717) is 18.3 Å². The van der Waals surface area contributed by atoms with Gasteiger partial charge in [0.05, 0.1) is 17.5 Å². The second kappa shape index (κ2) is 6.29. The van der Waals surface area contributed by atoms with E-state index < -0.39 is 22.7 Å². The molecule has 2 atom stereocenters. The maximum atomic E-state index is 13.2. The first kappa shape index (κ1) is 17.1. The highest BCUT2D eigenvalue weighted by Crippen LogP contribution is 2.36. The van der Waals surface area contributed by atoms with Crippen LogP contribution in [0.5, 0.6) is 0 Å². The molecular formula is C16H16ClF3N2O2. The second-order valence-electron chi connectivity index (χ2n) is 5.88. The van der Waals surface area contributed by atoms with Crippen LogP contribution in [0.1, 0.15) is 18.4 Å². The molecule has 0 aliphatic carbocycles. The maximum Gasteiger partial charge on any atom is 0.417 e. The van der Waals surface area contributed by atoms with Crippen LogP contribution in [0, 0.1) is 0 Å². The van der Waals surface area contributed by atoms with Gasteiger partial charge in [-0.2, -0.15) is 13.2 Å². The Balaban J connectivity index is 2.11. The van der Waals surface area contributed by atoms with Gasteiger partial charge in [-0.05, 0) is 31.0 Å². The molecule has 0 saturated carbocycles. The summed E-state index contributed by atoms with van der Waals surface area (Å²) in [6.07, 6.45) is -3.00. The molecule has 0 radical (unpaired) electrons. The summed E-state index contributed by atoms with van der Waals surface area (Å²) < 4.78 is 39.7. The number of benzene rings is 1. The minimum atomic E-state index is -4.62. The molecular weight excluding hydrogens is 345 g/mol. The number of aromatic nitrogens is 1. The fourth-order valence-corrected chi connectivity index (χ4v) is 3.53. The topological polar surface area (TPSA) is 56.3 Å². The van der Waals surface area contributed by atoms with Gasteiger partial charge in [0, 0.05) is 35.2 Å². The fourth-order valence-electron chi connectivity index (χ4n) is 3.27. The highest BCUT2D eigenvalue weighted by molar-refractivity contribution is 6.21. The van der Waals surface area contributed by atoms with Gasteiger partial charge >= 0.3 is 6.18 Å². The van der Waals surface area contributed by atoms with Crippen molar-refractivity contribution in [1.29, 1.82) is 0 Å². The van der Waals surface area contributed by atoms with Gasteiger partial charge in [0.1, 0.15) is 0 Å². The highest BCUT2D eigenvalue weighted by atomic mass is 35.5. The predicted molar refractivity (Wildman–Crippen MR) is 86.7 cm³/mol. The average Bonchev–Trinajstić information content (AvgIpc) is 3.01. The summed E-state index contributed by atoms with van der Waals surface area (Å²) in [7, 11) is 0. The van der Waals surface area contributed by atoms with Crippen molar-refractivity contribution in [2.75, 3.05) is 18.1 Å². The molecule has 0 amide bonds. The number of halogens is 4. The van der Waals surface area contributed by atoms with Crippen LogP contribution in [0.3, 0.4) is 0 Å². The molecule has 1 aromatic heterocycles. The summed E-state index contributed by atoms with van der Waals surface area (Å²) in [6.45, 7) is 0.460. The zero-order chi connectivity index (χ0) is 17.5. The highest BCUT2D eigenvalue weighted by Gasteiger charge is 2.34. The van der Waals surface area contributed by atoms with E-state index in [4.69, 9.17) is 11.6 Å². The Kier molecular flexibility index (Phi) is 4.48. The van der Waals surface area contributed by atoms with E-state index in [1.54, 1.807) is 6.07 Å². The monoisotopic (exact) mass is 360 g/mol. The van der Waals surface area contributed by atoms with E-state index in [1.807, 2.05) is 4.90 Å². The van der Waals surface area contributed by atoms with Gasteiger partial charge in [-0.3, -0.25) is 4.79 Å². The van der Waals surface area contributed by atoms with Gasteiger partial charge in [-0.1, -0.05) is 0 Å². The molecule has 1 saturated heterocycles. The molecule has 2 heterocycles. The van der Waals surface area contributed by atoms with Crippen molar-refractivity contribution in [3.05, 3.63) is 40.2 Å². The van der Waals surface area contributed by atoms with Crippen molar-refractivity contribution in [2.24, 2.45) is 0 Å². The molecule has 4 nitrogen and oxygen atoms in total. The lowest BCUT2D eigenvalue weighted by atomic mass is 10.1. The van der Waals surface area contributed by atoms with E-state index >= 15 is 0 Å². The summed E-state index contributed by atoms with van der Waals surface area (Å²) >= 11 is 6.14. The van der Waals surface area contributed by atoms with Gasteiger partial charge in [0.2, 0.25) is 5.56 Å². The van der Waals surface area contributed by atoms with Gasteiger partial charge in [-0.15, -0.1) is 11.6 Å². The zero-order valence-corrected chi connectivity index (χ0v) is 13.4. The summed E-state index contributed by atoms with van der Waals surface area (Å²) in [5.74, 6) is 0. The quantitative estimate of drug-likeness (QED) is 0.827. The Morgan fingerprint density at radius 3 is 2.79 bits per heavy atom. The zero-order valence-electron chi connectivity index (χ0n) is 12.6. The first-order valence-electron chi connectivity index (χ1n) is 7.57. The minimum Gasteiger partial charge on any atom is -0.395 e. The van der Waals surface area contributed by atoms with E-state index in [2.05, 4.69) is 4.98 Å². The van der Waals surface area contributed by atoms with Crippen LogP contribution in [0.2, 0.25) is 0 Å². The number of aliphatic hydroxyl groups excluding tert-OH is 1. The van der Waals surface area contributed by atoms with E-state index in [-0.39, 0.29) is 23.6 Å². The number of nitrogens with zero attached hydrogens (tertiary/aromatic N) is 1. The Morgan fingerprint density at radius 2 is 2.12 bits per heavy atom. The predicted octanol–water partition coefficient (Wildman–Crippen LogP) is 3.12. The van der Waals surface area contributed by atoms with Crippen molar-refractivity contribution < 1.29 is 18.3 Å². The summed E-state index contributed by atoms with van der Waals surface area (Å²) in [5, 5.41) is 8.73. The molecule has 130 valence electrons. The van der Waals surface area contributed by atoms with Crippen LogP contribution < -0.4 is 10.5 Å². The van der Waals surface area contributed by atoms with Crippen molar-refractivity contribution in [3.8, 4) is 0 Å². The van der Waals surface area contributed by atoms with Crippen LogP contribution in [0.15, 0.2) is 29.1 Å². The number of fused-ring (bicyclic) bond motifs is 1. The molecule has 0 spiro atoms. The molecule has 8 heteroatoms. The van der Waals surface area contributed by atoms with E-state index in [1.165, 1.54) is 12.1 Å². The van der Waals surface area contributed by atoms with Gasteiger partial charge in [0.25, 0.3) is 0 Å². The van der Waals surface area contributed by atoms with Gasteiger partial charge in [0.15, 0.2) is 0 Å². The normalized spacial score (nSPS) is 19.9. The smallest absolute Gasteiger partial charge is 0.395 e. The summed E-state index contributed by atoms with van der Waals surface area (Å²) in [6, 6.07) is 5.00. The van der Waals surface area contributed by atoms with Crippen molar-refractivity contribution in [2.45, 2.75) is 30.4 Å². The molecule has 3 rings (SSSR count). The lowest BCUT2D eigenvalue weighted by molar-refractivity contribution is -0.136. The van der Waals surface area contributed by atoms with Crippen molar-refractivity contribution in [3.63, 3.8) is 0 Å². The summed E-state index contributed by atoms with van der Waals surface area (Å²) in [5.41, 5.74) is -1.01. The number of anilines is 1. The SMILES string of the molecule is O=c1cc(C(F)(F)F)c2cc(N3CCC[C@@H]3[C@@H](Cl)CO)ccc2[nH]1. The van der Waals surface area contributed by atoms with Crippen LogP contribution >= 0.6 is 11.6 Å². The largest absolute Gasteiger partial charge is 0.417 e. The molecule has 1 aromatic carbocycles. The van der Waals surface area contributed by atoms with E-state index in [0.717, 1.165) is 12.8 Å². The first-order chi connectivity index (χ1) is 11.3. The van der Waals surface area contributed by atoms with Crippen molar-refractivity contribution in [1.82, 2.24) is 4.98 Å². The number of H-pyrrole nitrogens is 1. The second-order valence-corrected chi connectivity index (χ2v) is 6.44. The number of alkyl halides is 4. The molecule has 1 aliphatic heterocycles.